The molecule has 256 valence electrons. The molecule has 0 saturated carbocycles. The van der Waals surface area contributed by atoms with E-state index in [1.54, 1.807) is 0 Å². The Bertz CT molecular complexity index is 1220. The molecule has 0 aromatic carbocycles. The van der Waals surface area contributed by atoms with Crippen molar-refractivity contribution in [1.29, 1.82) is 0 Å². The Labute approximate surface area is 260 Å². The highest BCUT2D eigenvalue weighted by molar-refractivity contribution is 5.98. The predicted molar refractivity (Wildman–Crippen MR) is 153 cm³/mol. The highest BCUT2D eigenvalue weighted by Gasteiger charge is 2.32. The van der Waals surface area contributed by atoms with Crippen molar-refractivity contribution >= 4 is 59.2 Å². The van der Waals surface area contributed by atoms with Crippen LogP contribution in [-0.4, -0.2) is 131 Å². The Morgan fingerprint density at radius 3 is 1.67 bits per heavy atom. The number of aliphatic imine (C=N–C) groups is 1. The third-order valence-electron chi connectivity index (χ3n) is 6.05. The summed E-state index contributed by atoms with van der Waals surface area (Å²) in [5, 5.41) is 43.2. The summed E-state index contributed by atoms with van der Waals surface area (Å²) in [5.74, 6) is -10.7. The lowest BCUT2D eigenvalue weighted by Crippen LogP contribution is -2.59. The fraction of sp³-hybridized carbons (Fsp3) is 0.583. The predicted octanol–water partition coefficient (Wildman–Crippen LogP) is -7.33. The summed E-state index contributed by atoms with van der Waals surface area (Å²) in [7, 11) is 0. The Balaban J connectivity index is 3.35. The summed E-state index contributed by atoms with van der Waals surface area (Å²) in [6.07, 6.45) is -1.87. The van der Waals surface area contributed by atoms with E-state index in [1.165, 1.54) is 6.92 Å². The van der Waals surface area contributed by atoms with Gasteiger partial charge < -0.3 is 64.0 Å². The zero-order valence-corrected chi connectivity index (χ0v) is 24.7. The molecule has 1 fully saturated rings. The number of aliphatic carboxylic acids is 2. The van der Waals surface area contributed by atoms with Gasteiger partial charge in [-0.05, 0) is 19.8 Å². The molecular formula is C24H38N10O12. The van der Waals surface area contributed by atoms with Gasteiger partial charge in [0.2, 0.25) is 41.4 Å². The molecular weight excluding hydrogens is 620 g/mol. The summed E-state index contributed by atoms with van der Waals surface area (Å²) >= 11 is 0. The molecule has 5 atom stereocenters. The molecule has 22 heteroatoms. The van der Waals surface area contributed by atoms with Crippen molar-refractivity contribution in [2.45, 2.75) is 62.8 Å². The van der Waals surface area contributed by atoms with E-state index in [1.807, 2.05) is 10.6 Å². The minimum Gasteiger partial charge on any atom is -0.481 e. The molecule has 1 saturated heterocycles. The van der Waals surface area contributed by atoms with E-state index < -0.39 is 116 Å². The minimum atomic E-state index is -1.85. The van der Waals surface area contributed by atoms with Crippen LogP contribution >= 0.6 is 0 Å². The Morgan fingerprint density at radius 1 is 0.696 bits per heavy atom. The van der Waals surface area contributed by atoms with Crippen LogP contribution in [0, 0.1) is 0 Å². The van der Waals surface area contributed by atoms with Crippen molar-refractivity contribution in [1.82, 2.24) is 37.2 Å². The molecule has 0 aromatic rings. The molecule has 0 unspecified atom stereocenters. The van der Waals surface area contributed by atoms with E-state index in [0.29, 0.717) is 0 Å². The molecule has 0 bridgehead atoms. The summed E-state index contributed by atoms with van der Waals surface area (Å²) in [6, 6.07) is -8.16. The number of nitrogens with one attached hydrogen (secondary N) is 7. The average molecular weight is 659 g/mol. The average Bonchev–Trinajstić information content (AvgIpc) is 2.96. The first-order chi connectivity index (χ1) is 21.5. The topological polar surface area (TPSA) is 363 Å². The maximum absolute atomic E-state index is 12.8. The number of hydrogen-bond donors (Lipinski definition) is 12. The molecule has 14 N–H and O–H groups in total. The van der Waals surface area contributed by atoms with Crippen molar-refractivity contribution in [3.05, 3.63) is 0 Å². The largest absolute Gasteiger partial charge is 0.481 e. The zero-order chi connectivity index (χ0) is 35.0. The number of amides is 7. The lowest BCUT2D eigenvalue weighted by Gasteiger charge is -2.24. The molecule has 7 amide bonds. The second-order valence-electron chi connectivity index (χ2n) is 9.86. The standard InChI is InChI=1S/C24H38N10O12/c1-10-19(42)28-7-15(36)31-11(3-2-4-27-24(25)26)20(43)29-8-16(37)32-12(5-17(38)39)22(45)34-14(9-35)23(46)33-13(6-18(40)41)21(44)30-10/h10-14,35H,2-9H2,1H3,(H,28,42)(H,29,43)(H,30,44)(H,31,36)(H,32,37)(H,33,46)(H,34,45)(H,38,39)(H,40,41)(H4,25,26,27)/t10-,11-,12-,13-,14-/m0/s1. The number of guanidine groups is 1. The normalized spacial score (nSPS) is 24.3. The van der Waals surface area contributed by atoms with Crippen LogP contribution in [0.25, 0.3) is 0 Å². The molecule has 1 aliphatic rings. The third kappa shape index (κ3) is 14.3. The summed E-state index contributed by atoms with van der Waals surface area (Å²) in [4.78, 5) is 115. The lowest BCUT2D eigenvalue weighted by molar-refractivity contribution is -0.142. The van der Waals surface area contributed by atoms with E-state index in [0.717, 1.165) is 0 Å². The first-order valence-electron chi connectivity index (χ1n) is 13.7. The second-order valence-corrected chi connectivity index (χ2v) is 9.86. The summed E-state index contributed by atoms with van der Waals surface area (Å²) < 4.78 is 0. The molecule has 0 radical (unpaired) electrons. The first kappa shape index (κ1) is 38.5. The number of carbonyl (C=O) groups excluding carboxylic acids is 7. The molecule has 1 rings (SSSR count). The van der Waals surface area contributed by atoms with Gasteiger partial charge >= 0.3 is 11.9 Å². The lowest BCUT2D eigenvalue weighted by atomic mass is 10.1. The van der Waals surface area contributed by atoms with E-state index in [4.69, 9.17) is 11.5 Å². The van der Waals surface area contributed by atoms with E-state index in [9.17, 15) is 58.5 Å². The smallest absolute Gasteiger partial charge is 0.305 e. The van der Waals surface area contributed by atoms with Crippen molar-refractivity contribution in [3.8, 4) is 0 Å². The molecule has 46 heavy (non-hydrogen) atoms. The maximum Gasteiger partial charge on any atom is 0.305 e. The van der Waals surface area contributed by atoms with Gasteiger partial charge in [0.25, 0.3) is 0 Å². The van der Waals surface area contributed by atoms with Gasteiger partial charge in [-0.2, -0.15) is 0 Å². The third-order valence-corrected chi connectivity index (χ3v) is 6.05. The number of hydrogen-bond acceptors (Lipinski definition) is 11. The summed E-state index contributed by atoms with van der Waals surface area (Å²) in [5.41, 5.74) is 10.5. The Morgan fingerprint density at radius 2 is 1.15 bits per heavy atom. The number of carbonyl (C=O) groups is 9. The van der Waals surface area contributed by atoms with Gasteiger partial charge in [0.05, 0.1) is 32.5 Å². The molecule has 0 aliphatic carbocycles. The van der Waals surface area contributed by atoms with Gasteiger partial charge in [-0.25, -0.2) is 0 Å². The van der Waals surface area contributed by atoms with Crippen LogP contribution in [0.15, 0.2) is 4.99 Å². The van der Waals surface area contributed by atoms with Crippen LogP contribution in [-0.2, 0) is 43.2 Å². The van der Waals surface area contributed by atoms with Gasteiger partial charge in [0.1, 0.15) is 30.2 Å². The van der Waals surface area contributed by atoms with Crippen LogP contribution in [0.3, 0.4) is 0 Å². The number of rotatable bonds is 9. The number of aliphatic hydroxyl groups is 1. The van der Waals surface area contributed by atoms with Crippen LogP contribution in [0.2, 0.25) is 0 Å². The maximum atomic E-state index is 12.8. The van der Waals surface area contributed by atoms with Gasteiger partial charge in [-0.3, -0.25) is 48.1 Å². The monoisotopic (exact) mass is 658 g/mol. The van der Waals surface area contributed by atoms with Crippen molar-refractivity contribution in [2.24, 2.45) is 16.5 Å². The van der Waals surface area contributed by atoms with Crippen molar-refractivity contribution < 1.29 is 58.5 Å². The molecule has 0 aromatic heterocycles. The van der Waals surface area contributed by atoms with E-state index >= 15 is 0 Å². The van der Waals surface area contributed by atoms with Crippen molar-refractivity contribution in [2.75, 3.05) is 26.2 Å². The molecule has 22 nitrogen and oxygen atoms in total. The Hall–Kier alpha value is -5.54. The van der Waals surface area contributed by atoms with Gasteiger partial charge in [0, 0.05) is 6.54 Å². The molecule has 1 aliphatic heterocycles. The van der Waals surface area contributed by atoms with E-state index in [2.05, 4.69) is 31.6 Å². The zero-order valence-electron chi connectivity index (χ0n) is 24.7. The number of carboxylic acid groups (broad SMARTS) is 2. The SMILES string of the molecule is C[C@@H]1NC(=O)[C@H](CC(=O)O)NC(=O)[C@H](CO)NC(=O)[C@H](CC(=O)O)NC(=O)CNC(=O)[C@H](CCCN=C(N)N)NC(=O)CNC1=O. The van der Waals surface area contributed by atoms with E-state index in [-0.39, 0.29) is 25.3 Å². The number of nitrogens with two attached hydrogens (primary N) is 2. The number of aliphatic hydroxyl groups excluding tert-OH is 1. The van der Waals surface area contributed by atoms with Gasteiger partial charge in [0.15, 0.2) is 5.96 Å². The van der Waals surface area contributed by atoms with Crippen molar-refractivity contribution in [3.63, 3.8) is 0 Å². The number of nitrogens with zero attached hydrogens (tertiary/aromatic N) is 1. The number of carboxylic acids is 2. The minimum absolute atomic E-state index is 0.0467. The fourth-order valence-corrected chi connectivity index (χ4v) is 3.76. The second kappa shape index (κ2) is 19.0. The Kier molecular flexibility index (Phi) is 15.9. The highest BCUT2D eigenvalue weighted by atomic mass is 16.4. The molecule has 0 spiro atoms. The van der Waals surface area contributed by atoms with Crippen LogP contribution in [0.1, 0.15) is 32.6 Å². The highest BCUT2D eigenvalue weighted by Crippen LogP contribution is 2.01. The first-order valence-corrected chi connectivity index (χ1v) is 13.7. The molecule has 1 heterocycles. The van der Waals surface area contributed by atoms with Crippen LogP contribution < -0.4 is 48.7 Å². The van der Waals surface area contributed by atoms with Crippen LogP contribution in [0.4, 0.5) is 0 Å². The van der Waals surface area contributed by atoms with Gasteiger partial charge in [-0.1, -0.05) is 0 Å². The quantitative estimate of drug-likeness (QED) is 0.0622. The summed E-state index contributed by atoms with van der Waals surface area (Å²) in [6.45, 7) is -1.34. The van der Waals surface area contributed by atoms with Crippen LogP contribution in [0.5, 0.6) is 0 Å². The fourth-order valence-electron chi connectivity index (χ4n) is 3.76. The van der Waals surface area contributed by atoms with Gasteiger partial charge in [-0.15, -0.1) is 0 Å².